The zero-order valence-electron chi connectivity index (χ0n) is 14.8. The van der Waals surface area contributed by atoms with Gasteiger partial charge in [0, 0.05) is 5.19 Å². The van der Waals surface area contributed by atoms with E-state index in [4.69, 9.17) is 4.74 Å². The average Bonchev–Trinajstić information content (AvgIpc) is 2.48. The van der Waals surface area contributed by atoms with Gasteiger partial charge in [0.2, 0.25) is 8.96 Å². The molecule has 0 saturated heterocycles. The molecule has 121 valence electrons. The minimum Gasteiger partial charge on any atom is -0.488 e. The lowest BCUT2D eigenvalue weighted by molar-refractivity contribution is 0.132. The number of rotatable bonds is 5. The molecule has 0 amide bonds. The number of nitrogens with zero attached hydrogens (tertiary/aromatic N) is 1. The molecule has 23 heavy (non-hydrogen) atoms. The van der Waals surface area contributed by atoms with Gasteiger partial charge >= 0.3 is 0 Å². The second-order valence-electron chi connectivity index (χ2n) is 6.78. The van der Waals surface area contributed by atoms with Gasteiger partial charge in [-0.1, -0.05) is 55.1 Å². The first-order valence-electron chi connectivity index (χ1n) is 7.87. The Morgan fingerprint density at radius 1 is 1.04 bits per heavy atom. The molecule has 2 nitrogen and oxygen atoms in total. The topological polar surface area (TPSA) is 12.5 Å². The van der Waals surface area contributed by atoms with Gasteiger partial charge in [0.25, 0.3) is 0 Å². The Labute approximate surface area is 142 Å². The lowest BCUT2D eigenvalue weighted by atomic mass is 10.2. The van der Waals surface area contributed by atoms with Gasteiger partial charge in [0.05, 0.1) is 0 Å². The van der Waals surface area contributed by atoms with E-state index in [0.717, 1.165) is 11.3 Å². The number of ether oxygens (including phenoxy) is 1. The van der Waals surface area contributed by atoms with Crippen LogP contribution in [0.4, 0.5) is 0 Å². The highest BCUT2D eigenvalue weighted by Crippen LogP contribution is 2.17. The highest BCUT2D eigenvalue weighted by Gasteiger charge is 2.25. The van der Waals surface area contributed by atoms with E-state index in [2.05, 4.69) is 88.5 Å². The lowest BCUT2D eigenvalue weighted by Crippen LogP contribution is -2.54. The van der Waals surface area contributed by atoms with Crippen molar-refractivity contribution >= 4 is 25.4 Å². The number of benzene rings is 2. The number of hydrogen-bond donors (Lipinski definition) is 0. The van der Waals surface area contributed by atoms with Gasteiger partial charge in [0.15, 0.2) is 0 Å². The normalized spacial score (nSPS) is 11.8. The van der Waals surface area contributed by atoms with Crippen LogP contribution in [-0.2, 0) is 0 Å². The molecule has 2 aromatic carbocycles. The predicted octanol–water partition coefficient (Wildman–Crippen LogP) is 3.17. The van der Waals surface area contributed by atoms with Crippen LogP contribution in [-0.4, -0.2) is 33.2 Å². The van der Waals surface area contributed by atoms with Gasteiger partial charge in [-0.15, -0.1) is 0 Å². The molecule has 0 aliphatic rings. The van der Waals surface area contributed by atoms with Crippen molar-refractivity contribution < 1.29 is 4.74 Å². The maximum atomic E-state index is 6.22. The molecule has 2 rings (SSSR count). The third-order valence-corrected chi connectivity index (χ3v) is 6.08. The summed E-state index contributed by atoms with van der Waals surface area (Å²) < 4.78 is 8.54. The molecule has 0 spiro atoms. The largest absolute Gasteiger partial charge is 0.488 e. The monoisotopic (exact) mass is 324 g/mol. The quantitative estimate of drug-likeness (QED) is 0.783. The Morgan fingerprint density at radius 3 is 2.35 bits per heavy atom. The Balaban J connectivity index is 2.52. The highest BCUT2D eigenvalue weighted by atomic mass is 28.3. The van der Waals surface area contributed by atoms with E-state index in [1.165, 1.54) is 10.4 Å². The fourth-order valence-corrected chi connectivity index (χ4v) is 5.04. The maximum Gasteiger partial charge on any atom is 0.212 e. The summed E-state index contributed by atoms with van der Waals surface area (Å²) in [5, 5.41) is 2.61. The Morgan fingerprint density at radius 2 is 1.74 bits per heavy atom. The van der Waals surface area contributed by atoms with Crippen LogP contribution in [0, 0.1) is 0 Å². The van der Waals surface area contributed by atoms with Gasteiger partial charge in [-0.25, -0.2) is 0 Å². The molecule has 1 radical (unpaired) electrons. The molecule has 2 aromatic rings. The summed E-state index contributed by atoms with van der Waals surface area (Å²) in [6.07, 6.45) is 1.90. The summed E-state index contributed by atoms with van der Waals surface area (Å²) in [4.78, 5) is 0. The molecule has 0 aliphatic carbocycles. The van der Waals surface area contributed by atoms with Crippen LogP contribution < -0.4 is 15.1 Å². The molecule has 0 aromatic heterocycles. The molecule has 0 fully saturated rings. The summed E-state index contributed by atoms with van der Waals surface area (Å²) in [7, 11) is 3.19. The van der Waals surface area contributed by atoms with Crippen LogP contribution in [0.3, 0.4) is 0 Å². The first-order valence-corrected chi connectivity index (χ1v) is 9.32. The molecule has 0 bridgehead atoms. The maximum absolute atomic E-state index is 6.22. The van der Waals surface area contributed by atoms with Crippen LogP contribution in [0.15, 0.2) is 55.1 Å². The molecule has 0 aliphatic heterocycles. The SMILES string of the molecule is C=Cc1cccc([Si](c2ccccc2OC(C)(C)C)N(C)C)c1. The molecular weight excluding hydrogens is 298 g/mol. The van der Waals surface area contributed by atoms with E-state index in [-0.39, 0.29) is 5.60 Å². The average molecular weight is 325 g/mol. The van der Waals surface area contributed by atoms with Crippen molar-refractivity contribution in [2.24, 2.45) is 0 Å². The summed E-state index contributed by atoms with van der Waals surface area (Å²) >= 11 is 0. The van der Waals surface area contributed by atoms with E-state index >= 15 is 0 Å². The van der Waals surface area contributed by atoms with Crippen molar-refractivity contribution in [3.63, 3.8) is 0 Å². The van der Waals surface area contributed by atoms with Crippen molar-refractivity contribution in [1.29, 1.82) is 0 Å². The molecule has 0 unspecified atom stereocenters. The summed E-state index contributed by atoms with van der Waals surface area (Å²) in [6.45, 7) is 10.2. The molecular formula is C20H26NOSi. The minimum absolute atomic E-state index is 0.210. The van der Waals surface area contributed by atoms with Crippen LogP contribution in [0.25, 0.3) is 6.08 Å². The lowest BCUT2D eigenvalue weighted by Gasteiger charge is -2.28. The molecule has 0 atom stereocenters. The summed E-state index contributed by atoms with van der Waals surface area (Å²) in [5.41, 5.74) is 0.944. The van der Waals surface area contributed by atoms with E-state index in [1.807, 2.05) is 12.1 Å². The van der Waals surface area contributed by atoms with Crippen molar-refractivity contribution in [1.82, 2.24) is 4.57 Å². The fraction of sp³-hybridized carbons (Fsp3) is 0.300. The molecule has 0 saturated carbocycles. The zero-order chi connectivity index (χ0) is 17.0. The highest BCUT2D eigenvalue weighted by molar-refractivity contribution is 6.83. The third-order valence-electron chi connectivity index (χ3n) is 3.40. The van der Waals surface area contributed by atoms with Crippen LogP contribution in [0.5, 0.6) is 5.75 Å². The van der Waals surface area contributed by atoms with Crippen LogP contribution in [0.1, 0.15) is 26.3 Å². The van der Waals surface area contributed by atoms with Crippen LogP contribution >= 0.6 is 0 Å². The van der Waals surface area contributed by atoms with Gasteiger partial charge in [-0.3, -0.25) is 0 Å². The summed E-state index contributed by atoms with van der Waals surface area (Å²) in [5.74, 6) is 0.978. The van der Waals surface area contributed by atoms with Gasteiger partial charge in [-0.2, -0.15) is 0 Å². The first-order chi connectivity index (χ1) is 10.8. The standard InChI is InChI=1S/C20H26NOSi/c1-7-16-11-10-12-17(15-16)23(21(5)6)19-14-9-8-13-18(19)22-20(2,3)4/h7-15H,1H2,2-6H3. The Kier molecular flexibility index (Phi) is 5.45. The zero-order valence-corrected chi connectivity index (χ0v) is 15.8. The Hall–Kier alpha value is -1.84. The number of hydrogen-bond acceptors (Lipinski definition) is 2. The smallest absolute Gasteiger partial charge is 0.212 e. The van der Waals surface area contributed by atoms with Crippen molar-refractivity contribution in [2.45, 2.75) is 26.4 Å². The number of para-hydroxylation sites is 1. The van der Waals surface area contributed by atoms with Crippen LogP contribution in [0.2, 0.25) is 0 Å². The van der Waals surface area contributed by atoms with Gasteiger partial charge in [-0.05, 0) is 51.7 Å². The third kappa shape index (κ3) is 4.56. The molecule has 0 heterocycles. The van der Waals surface area contributed by atoms with E-state index in [9.17, 15) is 0 Å². The van der Waals surface area contributed by atoms with Crippen molar-refractivity contribution in [3.8, 4) is 5.75 Å². The fourth-order valence-electron chi connectivity index (χ4n) is 2.55. The predicted molar refractivity (Wildman–Crippen MR) is 102 cm³/mol. The van der Waals surface area contributed by atoms with Gasteiger partial charge < -0.3 is 9.30 Å². The Bertz CT molecular complexity index is 673. The van der Waals surface area contributed by atoms with E-state index < -0.39 is 8.96 Å². The van der Waals surface area contributed by atoms with E-state index in [1.54, 1.807) is 0 Å². The van der Waals surface area contributed by atoms with Crippen molar-refractivity contribution in [3.05, 3.63) is 60.7 Å². The second-order valence-corrected chi connectivity index (χ2v) is 9.49. The van der Waals surface area contributed by atoms with E-state index in [0.29, 0.717) is 0 Å². The van der Waals surface area contributed by atoms with Gasteiger partial charge in [0.1, 0.15) is 11.4 Å². The summed E-state index contributed by atoms with van der Waals surface area (Å²) in [6, 6.07) is 17.0. The molecule has 0 N–H and O–H groups in total. The molecule has 3 heteroatoms. The first kappa shape index (κ1) is 17.5. The second kappa shape index (κ2) is 7.15. The minimum atomic E-state index is -1.09. The van der Waals surface area contributed by atoms with Crippen molar-refractivity contribution in [2.75, 3.05) is 14.1 Å².